The summed E-state index contributed by atoms with van der Waals surface area (Å²) in [5.41, 5.74) is 0. The predicted octanol–water partition coefficient (Wildman–Crippen LogP) is 1.43. The molecule has 1 fully saturated rings. The second-order valence-electron chi connectivity index (χ2n) is 4.27. The molecule has 0 spiro atoms. The van der Waals surface area contributed by atoms with Gasteiger partial charge in [0.05, 0.1) is 6.54 Å². The number of unbranched alkanes of at least 4 members (excludes halogenated alkanes) is 1. The minimum Gasteiger partial charge on any atom is -0.353 e. The molecular weight excluding hydrogens is 176 g/mol. The summed E-state index contributed by atoms with van der Waals surface area (Å²) in [5.74, 6) is 0.139. The van der Waals surface area contributed by atoms with E-state index >= 15 is 0 Å². The Morgan fingerprint density at radius 1 is 1.50 bits per heavy atom. The van der Waals surface area contributed by atoms with Gasteiger partial charge in [-0.25, -0.2) is 0 Å². The highest BCUT2D eigenvalue weighted by Gasteiger charge is 2.21. The van der Waals surface area contributed by atoms with E-state index < -0.39 is 0 Å². The van der Waals surface area contributed by atoms with Crippen molar-refractivity contribution in [3.63, 3.8) is 0 Å². The molecular formula is C11H22N2O. The van der Waals surface area contributed by atoms with Crippen LogP contribution in [-0.2, 0) is 4.79 Å². The molecule has 82 valence electrons. The van der Waals surface area contributed by atoms with E-state index in [0.29, 0.717) is 18.6 Å². The van der Waals surface area contributed by atoms with E-state index in [4.69, 9.17) is 0 Å². The van der Waals surface area contributed by atoms with Gasteiger partial charge in [0.2, 0.25) is 5.91 Å². The largest absolute Gasteiger partial charge is 0.353 e. The highest BCUT2D eigenvalue weighted by atomic mass is 16.1. The number of carbonyl (C=O) groups excluding carboxylic acids is 1. The highest BCUT2D eigenvalue weighted by Crippen LogP contribution is 2.17. The maximum atomic E-state index is 11.4. The number of hydrogen-bond acceptors (Lipinski definition) is 2. The first-order valence-corrected chi connectivity index (χ1v) is 5.75. The zero-order chi connectivity index (χ0) is 10.4. The fourth-order valence-corrected chi connectivity index (χ4v) is 1.43. The SMILES string of the molecule is CCCCC(C)NC(=O)CNC1CC1. The molecule has 14 heavy (non-hydrogen) atoms. The Kier molecular flexibility index (Phi) is 4.94. The van der Waals surface area contributed by atoms with Crippen LogP contribution in [-0.4, -0.2) is 24.5 Å². The van der Waals surface area contributed by atoms with Gasteiger partial charge in [0.15, 0.2) is 0 Å². The summed E-state index contributed by atoms with van der Waals surface area (Å²) in [5, 5.41) is 6.20. The maximum absolute atomic E-state index is 11.4. The summed E-state index contributed by atoms with van der Waals surface area (Å²) in [6.45, 7) is 4.73. The molecule has 1 aliphatic carbocycles. The Hall–Kier alpha value is -0.570. The van der Waals surface area contributed by atoms with Crippen molar-refractivity contribution in [1.82, 2.24) is 10.6 Å². The van der Waals surface area contributed by atoms with E-state index in [1.165, 1.54) is 25.7 Å². The maximum Gasteiger partial charge on any atom is 0.234 e. The Morgan fingerprint density at radius 3 is 2.79 bits per heavy atom. The molecule has 0 saturated heterocycles. The van der Waals surface area contributed by atoms with Crippen LogP contribution < -0.4 is 10.6 Å². The fourth-order valence-electron chi connectivity index (χ4n) is 1.43. The third kappa shape index (κ3) is 5.22. The molecule has 0 aromatic rings. The Bertz CT molecular complexity index is 178. The number of nitrogens with one attached hydrogen (secondary N) is 2. The minimum absolute atomic E-state index is 0.139. The molecule has 3 nitrogen and oxygen atoms in total. The normalized spacial score (nSPS) is 17.9. The summed E-state index contributed by atoms with van der Waals surface area (Å²) in [6, 6.07) is 0.940. The average Bonchev–Trinajstić information content (AvgIpc) is 2.95. The van der Waals surface area contributed by atoms with Crippen LogP contribution in [0.25, 0.3) is 0 Å². The van der Waals surface area contributed by atoms with Crippen molar-refractivity contribution in [1.29, 1.82) is 0 Å². The fraction of sp³-hybridized carbons (Fsp3) is 0.909. The van der Waals surface area contributed by atoms with Crippen molar-refractivity contribution in [3.05, 3.63) is 0 Å². The number of amides is 1. The molecule has 1 saturated carbocycles. The van der Waals surface area contributed by atoms with Gasteiger partial charge in [0.1, 0.15) is 0 Å². The molecule has 0 radical (unpaired) electrons. The van der Waals surface area contributed by atoms with Crippen molar-refractivity contribution in [2.24, 2.45) is 0 Å². The summed E-state index contributed by atoms with van der Waals surface area (Å²) in [6.07, 6.45) is 5.95. The van der Waals surface area contributed by atoms with Crippen molar-refractivity contribution < 1.29 is 4.79 Å². The van der Waals surface area contributed by atoms with Gasteiger partial charge in [0.25, 0.3) is 0 Å². The van der Waals surface area contributed by atoms with Crippen molar-refractivity contribution in [2.75, 3.05) is 6.54 Å². The van der Waals surface area contributed by atoms with Gasteiger partial charge in [-0.1, -0.05) is 19.8 Å². The van der Waals surface area contributed by atoms with Crippen LogP contribution in [0, 0.1) is 0 Å². The lowest BCUT2D eigenvalue weighted by Gasteiger charge is -2.13. The predicted molar refractivity (Wildman–Crippen MR) is 58.2 cm³/mol. The van der Waals surface area contributed by atoms with Gasteiger partial charge >= 0.3 is 0 Å². The number of hydrogen-bond donors (Lipinski definition) is 2. The zero-order valence-corrected chi connectivity index (χ0v) is 9.31. The molecule has 0 bridgehead atoms. The van der Waals surface area contributed by atoms with Crippen LogP contribution in [0.5, 0.6) is 0 Å². The Morgan fingerprint density at radius 2 is 2.21 bits per heavy atom. The summed E-state index contributed by atoms with van der Waals surface area (Å²) < 4.78 is 0. The molecule has 2 N–H and O–H groups in total. The summed E-state index contributed by atoms with van der Waals surface area (Å²) in [4.78, 5) is 11.4. The Balaban J connectivity index is 1.99. The van der Waals surface area contributed by atoms with E-state index in [2.05, 4.69) is 24.5 Å². The van der Waals surface area contributed by atoms with Crippen molar-refractivity contribution >= 4 is 5.91 Å². The van der Waals surface area contributed by atoms with Crippen LogP contribution >= 0.6 is 0 Å². The monoisotopic (exact) mass is 198 g/mol. The topological polar surface area (TPSA) is 41.1 Å². The Labute approximate surface area is 86.6 Å². The highest BCUT2D eigenvalue weighted by molar-refractivity contribution is 5.78. The van der Waals surface area contributed by atoms with Crippen LogP contribution in [0.1, 0.15) is 46.0 Å². The van der Waals surface area contributed by atoms with E-state index in [1.54, 1.807) is 0 Å². The second-order valence-corrected chi connectivity index (χ2v) is 4.27. The first-order chi connectivity index (χ1) is 6.72. The molecule has 3 heteroatoms. The smallest absolute Gasteiger partial charge is 0.234 e. The number of rotatable bonds is 7. The molecule has 0 aromatic heterocycles. The standard InChI is InChI=1S/C11H22N2O/c1-3-4-5-9(2)13-11(14)8-12-10-6-7-10/h9-10,12H,3-8H2,1-2H3,(H,13,14). The molecule has 0 aromatic carbocycles. The molecule has 1 atom stereocenters. The van der Waals surface area contributed by atoms with Gasteiger partial charge in [-0.2, -0.15) is 0 Å². The minimum atomic E-state index is 0.139. The van der Waals surface area contributed by atoms with Crippen LogP contribution in [0.2, 0.25) is 0 Å². The second kappa shape index (κ2) is 6.02. The van der Waals surface area contributed by atoms with E-state index in [-0.39, 0.29) is 5.91 Å². The van der Waals surface area contributed by atoms with E-state index in [9.17, 15) is 4.79 Å². The lowest BCUT2D eigenvalue weighted by atomic mass is 10.1. The van der Waals surface area contributed by atoms with Crippen molar-refractivity contribution in [3.8, 4) is 0 Å². The van der Waals surface area contributed by atoms with Gasteiger partial charge in [-0.05, 0) is 26.2 Å². The molecule has 0 heterocycles. The average molecular weight is 198 g/mol. The summed E-state index contributed by atoms with van der Waals surface area (Å²) >= 11 is 0. The van der Waals surface area contributed by atoms with E-state index in [1.807, 2.05) is 0 Å². The first kappa shape index (κ1) is 11.5. The third-order valence-electron chi connectivity index (χ3n) is 2.53. The quantitative estimate of drug-likeness (QED) is 0.650. The van der Waals surface area contributed by atoms with Crippen LogP contribution in [0.4, 0.5) is 0 Å². The van der Waals surface area contributed by atoms with Crippen LogP contribution in [0.15, 0.2) is 0 Å². The lowest BCUT2D eigenvalue weighted by molar-refractivity contribution is -0.120. The number of carbonyl (C=O) groups is 1. The van der Waals surface area contributed by atoms with Gasteiger partial charge in [0, 0.05) is 12.1 Å². The third-order valence-corrected chi connectivity index (χ3v) is 2.53. The molecule has 1 aliphatic rings. The lowest BCUT2D eigenvalue weighted by Crippen LogP contribution is -2.39. The van der Waals surface area contributed by atoms with Gasteiger partial charge in [-0.3, -0.25) is 4.79 Å². The molecule has 1 rings (SSSR count). The first-order valence-electron chi connectivity index (χ1n) is 5.75. The van der Waals surface area contributed by atoms with E-state index in [0.717, 1.165) is 6.42 Å². The van der Waals surface area contributed by atoms with Gasteiger partial charge in [-0.15, -0.1) is 0 Å². The molecule has 0 aliphatic heterocycles. The summed E-state index contributed by atoms with van der Waals surface area (Å²) in [7, 11) is 0. The van der Waals surface area contributed by atoms with Gasteiger partial charge < -0.3 is 10.6 Å². The molecule has 1 amide bonds. The van der Waals surface area contributed by atoms with Crippen LogP contribution in [0.3, 0.4) is 0 Å². The zero-order valence-electron chi connectivity index (χ0n) is 9.31. The molecule has 1 unspecified atom stereocenters. The van der Waals surface area contributed by atoms with Crippen molar-refractivity contribution in [2.45, 2.75) is 58.0 Å².